The highest BCUT2D eigenvalue weighted by atomic mass is 35.5. The molecule has 0 amide bonds. The maximum absolute atomic E-state index is 3.32. The van der Waals surface area contributed by atoms with Gasteiger partial charge in [-0.25, -0.2) is 0 Å². The first-order chi connectivity index (χ1) is 3.94. The van der Waals surface area contributed by atoms with Gasteiger partial charge in [-0.2, -0.15) is 0 Å². The van der Waals surface area contributed by atoms with E-state index in [-0.39, 0.29) is 12.4 Å². The maximum Gasteiger partial charge on any atom is 0.0178 e. The van der Waals surface area contributed by atoms with E-state index in [0.717, 1.165) is 0 Å². The van der Waals surface area contributed by atoms with Crippen LogP contribution in [0.1, 0.15) is 27.7 Å². The van der Waals surface area contributed by atoms with E-state index in [0.29, 0.717) is 16.9 Å². The molecule has 62 valence electrons. The van der Waals surface area contributed by atoms with Crippen molar-refractivity contribution >= 4 is 12.4 Å². The molecule has 0 heterocycles. The van der Waals surface area contributed by atoms with E-state index >= 15 is 0 Å². The van der Waals surface area contributed by atoms with Gasteiger partial charge in [0.2, 0.25) is 0 Å². The molecule has 1 aliphatic carbocycles. The van der Waals surface area contributed by atoms with Gasteiger partial charge in [-0.15, -0.1) is 12.4 Å². The second-order valence-corrected chi connectivity index (χ2v) is 4.17. The highest BCUT2D eigenvalue weighted by molar-refractivity contribution is 5.85. The van der Waals surface area contributed by atoms with Crippen molar-refractivity contribution in [1.82, 2.24) is 5.32 Å². The van der Waals surface area contributed by atoms with Gasteiger partial charge in [0.05, 0.1) is 0 Å². The van der Waals surface area contributed by atoms with E-state index in [2.05, 4.69) is 33.0 Å². The predicted molar refractivity (Wildman–Crippen MR) is 47.7 cm³/mol. The summed E-state index contributed by atoms with van der Waals surface area (Å²) in [5.74, 6) is 0. The summed E-state index contributed by atoms with van der Waals surface area (Å²) in [6.07, 6.45) is 0. The first kappa shape index (κ1) is 10.2. The number of hydrogen-bond acceptors (Lipinski definition) is 1. The molecule has 1 N–H and O–H groups in total. The third kappa shape index (κ3) is 0.960. The molecule has 0 aromatic rings. The van der Waals surface area contributed by atoms with Crippen molar-refractivity contribution in [2.24, 2.45) is 10.8 Å². The van der Waals surface area contributed by atoms with E-state index in [1.54, 1.807) is 0 Å². The zero-order chi connectivity index (χ0) is 7.28. The summed E-state index contributed by atoms with van der Waals surface area (Å²) in [6.45, 7) is 9.25. The van der Waals surface area contributed by atoms with Crippen LogP contribution in [0.3, 0.4) is 0 Å². The Hall–Kier alpha value is 0.250. The van der Waals surface area contributed by atoms with Gasteiger partial charge in [0.25, 0.3) is 0 Å². The molecule has 0 spiro atoms. The Labute approximate surface area is 70.0 Å². The van der Waals surface area contributed by atoms with Crippen LogP contribution in [0.5, 0.6) is 0 Å². The van der Waals surface area contributed by atoms with Gasteiger partial charge in [-0.3, -0.25) is 0 Å². The van der Waals surface area contributed by atoms with Crippen molar-refractivity contribution < 1.29 is 0 Å². The maximum atomic E-state index is 3.32. The number of rotatable bonds is 1. The van der Waals surface area contributed by atoms with Gasteiger partial charge in [-0.1, -0.05) is 27.7 Å². The Balaban J connectivity index is 0.000000810. The first-order valence-electron chi connectivity index (χ1n) is 3.62. The molecule has 10 heavy (non-hydrogen) atoms. The van der Waals surface area contributed by atoms with E-state index in [1.165, 1.54) is 0 Å². The molecular weight excluding hydrogens is 146 g/mol. The molecule has 0 aliphatic heterocycles. The van der Waals surface area contributed by atoms with Gasteiger partial charge >= 0.3 is 0 Å². The fourth-order valence-corrected chi connectivity index (χ4v) is 1.92. The largest absolute Gasteiger partial charge is 0.316 e. The monoisotopic (exact) mass is 163 g/mol. The van der Waals surface area contributed by atoms with Crippen LogP contribution in [0.2, 0.25) is 0 Å². The van der Waals surface area contributed by atoms with Gasteiger partial charge in [0.1, 0.15) is 0 Å². The van der Waals surface area contributed by atoms with Gasteiger partial charge in [0, 0.05) is 6.04 Å². The lowest BCUT2D eigenvalue weighted by Crippen LogP contribution is -2.15. The van der Waals surface area contributed by atoms with E-state index in [4.69, 9.17) is 0 Å². The lowest BCUT2D eigenvalue weighted by Gasteiger charge is -2.03. The normalized spacial score (nSPS) is 27.3. The molecule has 1 aliphatic rings. The Morgan fingerprint density at radius 1 is 1.00 bits per heavy atom. The molecular formula is C8H18ClN. The highest BCUT2D eigenvalue weighted by Gasteiger charge is 2.63. The Bertz CT molecular complexity index is 115. The first-order valence-corrected chi connectivity index (χ1v) is 3.62. The minimum absolute atomic E-state index is 0. The molecule has 0 radical (unpaired) electrons. The molecule has 0 atom stereocenters. The minimum Gasteiger partial charge on any atom is -0.316 e. The molecule has 1 saturated carbocycles. The van der Waals surface area contributed by atoms with E-state index in [9.17, 15) is 0 Å². The average molecular weight is 164 g/mol. The zero-order valence-electron chi connectivity index (χ0n) is 7.49. The Kier molecular flexibility index (Phi) is 2.44. The van der Waals surface area contributed by atoms with Crippen LogP contribution in [0.25, 0.3) is 0 Å². The molecule has 0 aromatic carbocycles. The number of nitrogens with one attached hydrogen (secondary N) is 1. The summed E-state index contributed by atoms with van der Waals surface area (Å²) in [5, 5.41) is 3.32. The summed E-state index contributed by atoms with van der Waals surface area (Å²) in [6, 6.07) is 0.713. The molecule has 0 aromatic heterocycles. The van der Waals surface area contributed by atoms with Gasteiger partial charge in [0.15, 0.2) is 0 Å². The quantitative estimate of drug-likeness (QED) is 0.624. The summed E-state index contributed by atoms with van der Waals surface area (Å²) in [7, 11) is 2.04. The second kappa shape index (κ2) is 2.38. The van der Waals surface area contributed by atoms with Crippen molar-refractivity contribution in [2.45, 2.75) is 33.7 Å². The van der Waals surface area contributed by atoms with Crippen LogP contribution in [0.15, 0.2) is 0 Å². The van der Waals surface area contributed by atoms with Crippen molar-refractivity contribution in [3.8, 4) is 0 Å². The summed E-state index contributed by atoms with van der Waals surface area (Å²) in [5.41, 5.74) is 1.00. The number of hydrogen-bond donors (Lipinski definition) is 1. The topological polar surface area (TPSA) is 12.0 Å². The lowest BCUT2D eigenvalue weighted by atomic mass is 10.0. The fourth-order valence-electron chi connectivity index (χ4n) is 1.92. The molecule has 0 bridgehead atoms. The van der Waals surface area contributed by atoms with E-state index in [1.807, 2.05) is 7.05 Å². The SMILES string of the molecule is CNC1C(C)(C)C1(C)C.Cl. The smallest absolute Gasteiger partial charge is 0.0178 e. The van der Waals surface area contributed by atoms with Crippen molar-refractivity contribution in [2.75, 3.05) is 7.05 Å². The standard InChI is InChI=1S/C8H17N.ClH/c1-7(2)6(9-5)8(7,3)4;/h6,9H,1-5H3;1H. The average Bonchev–Trinajstić information content (AvgIpc) is 2.00. The highest BCUT2D eigenvalue weighted by Crippen LogP contribution is 2.62. The minimum atomic E-state index is 0. The van der Waals surface area contributed by atoms with Gasteiger partial charge in [-0.05, 0) is 17.9 Å². The third-order valence-corrected chi connectivity index (χ3v) is 3.31. The van der Waals surface area contributed by atoms with Gasteiger partial charge < -0.3 is 5.32 Å². The summed E-state index contributed by atoms with van der Waals surface area (Å²) < 4.78 is 0. The summed E-state index contributed by atoms with van der Waals surface area (Å²) >= 11 is 0. The number of halogens is 1. The van der Waals surface area contributed by atoms with Crippen LogP contribution in [-0.4, -0.2) is 13.1 Å². The Morgan fingerprint density at radius 3 is 1.30 bits per heavy atom. The summed E-state index contributed by atoms with van der Waals surface area (Å²) in [4.78, 5) is 0. The van der Waals surface area contributed by atoms with Crippen molar-refractivity contribution in [3.05, 3.63) is 0 Å². The molecule has 0 saturated heterocycles. The second-order valence-electron chi connectivity index (χ2n) is 4.17. The fraction of sp³-hybridized carbons (Fsp3) is 1.00. The predicted octanol–water partition coefficient (Wildman–Crippen LogP) is 2.06. The lowest BCUT2D eigenvalue weighted by molar-refractivity contribution is 0.457. The molecule has 1 rings (SSSR count). The van der Waals surface area contributed by atoms with E-state index < -0.39 is 0 Å². The van der Waals surface area contributed by atoms with Crippen LogP contribution in [0.4, 0.5) is 0 Å². The third-order valence-electron chi connectivity index (χ3n) is 3.31. The zero-order valence-corrected chi connectivity index (χ0v) is 8.30. The molecule has 0 unspecified atom stereocenters. The van der Waals surface area contributed by atoms with Crippen LogP contribution < -0.4 is 5.32 Å². The van der Waals surface area contributed by atoms with Crippen LogP contribution in [0, 0.1) is 10.8 Å². The van der Waals surface area contributed by atoms with Crippen molar-refractivity contribution in [1.29, 1.82) is 0 Å². The van der Waals surface area contributed by atoms with Crippen LogP contribution in [-0.2, 0) is 0 Å². The van der Waals surface area contributed by atoms with Crippen LogP contribution >= 0.6 is 12.4 Å². The molecule has 1 fully saturated rings. The molecule has 1 nitrogen and oxygen atoms in total. The molecule has 2 heteroatoms. The van der Waals surface area contributed by atoms with Crippen molar-refractivity contribution in [3.63, 3.8) is 0 Å². The Morgan fingerprint density at radius 2 is 1.30 bits per heavy atom.